The highest BCUT2D eigenvalue weighted by atomic mass is 16.5. The second-order valence-corrected chi connectivity index (χ2v) is 6.18. The van der Waals surface area contributed by atoms with E-state index >= 15 is 0 Å². The highest BCUT2D eigenvalue weighted by Crippen LogP contribution is 2.31. The monoisotopic (exact) mass is 343 g/mol. The molecule has 0 bridgehead atoms. The van der Waals surface area contributed by atoms with E-state index in [1.165, 1.54) is 0 Å². The SMILES string of the molecule is COc1ccc(Nc2cc(C)nc(N3CCN(C)CC3)n2)cc1OC. The summed E-state index contributed by atoms with van der Waals surface area (Å²) < 4.78 is 10.6. The fourth-order valence-corrected chi connectivity index (χ4v) is 2.83. The van der Waals surface area contributed by atoms with Gasteiger partial charge in [-0.25, -0.2) is 4.98 Å². The summed E-state index contributed by atoms with van der Waals surface area (Å²) in [5.41, 5.74) is 1.83. The molecule has 1 aromatic heterocycles. The molecule has 1 aromatic carbocycles. The summed E-state index contributed by atoms with van der Waals surface area (Å²) in [6, 6.07) is 7.65. The molecule has 0 radical (unpaired) electrons. The van der Waals surface area contributed by atoms with Crippen LogP contribution in [0.3, 0.4) is 0 Å². The molecule has 7 nitrogen and oxygen atoms in total. The molecule has 25 heavy (non-hydrogen) atoms. The Kier molecular flexibility index (Phi) is 5.23. The molecule has 1 fully saturated rings. The van der Waals surface area contributed by atoms with Gasteiger partial charge < -0.3 is 24.6 Å². The van der Waals surface area contributed by atoms with Crippen molar-refractivity contribution in [2.75, 3.05) is 57.7 Å². The number of rotatable bonds is 5. The van der Waals surface area contributed by atoms with Gasteiger partial charge in [0, 0.05) is 49.7 Å². The molecule has 0 spiro atoms. The van der Waals surface area contributed by atoms with Crippen molar-refractivity contribution in [3.05, 3.63) is 30.0 Å². The van der Waals surface area contributed by atoms with Gasteiger partial charge in [-0.2, -0.15) is 4.98 Å². The Hall–Kier alpha value is -2.54. The molecular weight excluding hydrogens is 318 g/mol. The summed E-state index contributed by atoms with van der Waals surface area (Å²) in [5.74, 6) is 2.92. The van der Waals surface area contributed by atoms with Crippen molar-refractivity contribution in [3.8, 4) is 11.5 Å². The van der Waals surface area contributed by atoms with E-state index in [0.717, 1.165) is 49.3 Å². The minimum atomic E-state index is 0.678. The van der Waals surface area contributed by atoms with Gasteiger partial charge >= 0.3 is 0 Å². The molecule has 1 aliphatic rings. The fourth-order valence-electron chi connectivity index (χ4n) is 2.83. The number of benzene rings is 1. The van der Waals surface area contributed by atoms with E-state index in [1.54, 1.807) is 14.2 Å². The number of hydrogen-bond acceptors (Lipinski definition) is 7. The molecule has 3 rings (SSSR count). The predicted octanol–water partition coefficient (Wildman–Crippen LogP) is 2.30. The Morgan fingerprint density at radius 2 is 1.68 bits per heavy atom. The fraction of sp³-hybridized carbons (Fsp3) is 0.444. The van der Waals surface area contributed by atoms with Crippen molar-refractivity contribution in [2.24, 2.45) is 0 Å². The molecule has 0 aliphatic carbocycles. The summed E-state index contributed by atoms with van der Waals surface area (Å²) in [6.07, 6.45) is 0. The van der Waals surface area contributed by atoms with E-state index in [9.17, 15) is 0 Å². The summed E-state index contributed by atoms with van der Waals surface area (Å²) in [4.78, 5) is 13.8. The van der Waals surface area contributed by atoms with E-state index in [4.69, 9.17) is 9.47 Å². The number of likely N-dealkylation sites (N-methyl/N-ethyl adjacent to an activating group) is 1. The van der Waals surface area contributed by atoms with Gasteiger partial charge in [-0.05, 0) is 26.1 Å². The van der Waals surface area contributed by atoms with Crippen LogP contribution in [0.5, 0.6) is 11.5 Å². The second-order valence-electron chi connectivity index (χ2n) is 6.18. The van der Waals surface area contributed by atoms with Gasteiger partial charge in [-0.3, -0.25) is 0 Å². The van der Waals surface area contributed by atoms with Crippen LogP contribution in [-0.4, -0.2) is 62.3 Å². The van der Waals surface area contributed by atoms with Gasteiger partial charge in [0.25, 0.3) is 0 Å². The van der Waals surface area contributed by atoms with Crippen LogP contribution in [0.1, 0.15) is 5.69 Å². The van der Waals surface area contributed by atoms with Crippen LogP contribution in [0.4, 0.5) is 17.5 Å². The van der Waals surface area contributed by atoms with E-state index < -0.39 is 0 Å². The zero-order valence-electron chi connectivity index (χ0n) is 15.2. The lowest BCUT2D eigenvalue weighted by Crippen LogP contribution is -2.45. The number of hydrogen-bond donors (Lipinski definition) is 1. The number of methoxy groups -OCH3 is 2. The smallest absolute Gasteiger partial charge is 0.227 e. The van der Waals surface area contributed by atoms with Crippen LogP contribution >= 0.6 is 0 Å². The maximum atomic E-state index is 5.36. The number of ether oxygens (including phenoxy) is 2. The first-order chi connectivity index (χ1) is 12.1. The van der Waals surface area contributed by atoms with Crippen LogP contribution < -0.4 is 19.7 Å². The first-order valence-electron chi connectivity index (χ1n) is 8.37. The molecule has 2 aromatic rings. The van der Waals surface area contributed by atoms with Gasteiger partial charge in [0.15, 0.2) is 11.5 Å². The maximum absolute atomic E-state index is 5.36. The summed E-state index contributed by atoms with van der Waals surface area (Å²) in [6.45, 7) is 5.91. The zero-order valence-corrected chi connectivity index (χ0v) is 15.2. The van der Waals surface area contributed by atoms with Crippen molar-refractivity contribution in [1.29, 1.82) is 0 Å². The Balaban J connectivity index is 1.81. The van der Waals surface area contributed by atoms with E-state index in [2.05, 4.69) is 32.1 Å². The van der Waals surface area contributed by atoms with Gasteiger partial charge in [0.05, 0.1) is 14.2 Å². The molecule has 1 aliphatic heterocycles. The second kappa shape index (κ2) is 7.57. The largest absolute Gasteiger partial charge is 0.493 e. The highest BCUT2D eigenvalue weighted by Gasteiger charge is 2.17. The Morgan fingerprint density at radius 3 is 2.36 bits per heavy atom. The number of nitrogens with one attached hydrogen (secondary N) is 1. The van der Waals surface area contributed by atoms with Crippen LogP contribution in [0.2, 0.25) is 0 Å². The van der Waals surface area contributed by atoms with Crippen LogP contribution in [0.25, 0.3) is 0 Å². The van der Waals surface area contributed by atoms with Crippen molar-refractivity contribution >= 4 is 17.5 Å². The topological polar surface area (TPSA) is 62.8 Å². The van der Waals surface area contributed by atoms with Crippen molar-refractivity contribution in [3.63, 3.8) is 0 Å². The van der Waals surface area contributed by atoms with Crippen molar-refractivity contribution in [2.45, 2.75) is 6.92 Å². The molecule has 0 amide bonds. The lowest BCUT2D eigenvalue weighted by Gasteiger charge is -2.32. The number of anilines is 3. The van der Waals surface area contributed by atoms with E-state index in [-0.39, 0.29) is 0 Å². The van der Waals surface area contributed by atoms with Gasteiger partial charge in [0.2, 0.25) is 5.95 Å². The van der Waals surface area contributed by atoms with Crippen LogP contribution in [-0.2, 0) is 0 Å². The average molecular weight is 343 g/mol. The van der Waals surface area contributed by atoms with Crippen LogP contribution in [0, 0.1) is 6.92 Å². The number of piperazine rings is 1. The molecule has 0 atom stereocenters. The first kappa shape index (κ1) is 17.3. The first-order valence-corrected chi connectivity index (χ1v) is 8.37. The molecule has 2 heterocycles. The highest BCUT2D eigenvalue weighted by molar-refractivity contribution is 5.62. The van der Waals surface area contributed by atoms with Gasteiger partial charge in [0.1, 0.15) is 5.82 Å². The quantitative estimate of drug-likeness (QED) is 0.894. The predicted molar refractivity (Wildman–Crippen MR) is 99.3 cm³/mol. The number of nitrogens with zero attached hydrogens (tertiary/aromatic N) is 4. The number of aryl methyl sites for hydroxylation is 1. The van der Waals surface area contributed by atoms with Gasteiger partial charge in [-0.1, -0.05) is 0 Å². The summed E-state index contributed by atoms with van der Waals surface area (Å²) >= 11 is 0. The molecule has 134 valence electrons. The molecular formula is C18H25N5O2. The standard InChI is InChI=1S/C18H25N5O2/c1-13-11-17(20-14-5-6-15(24-3)16(12-14)25-4)21-18(19-13)23-9-7-22(2)8-10-23/h5-6,11-12H,7-10H2,1-4H3,(H,19,20,21). The van der Waals surface area contributed by atoms with E-state index in [0.29, 0.717) is 11.5 Å². The van der Waals surface area contributed by atoms with Gasteiger partial charge in [-0.15, -0.1) is 0 Å². The lowest BCUT2D eigenvalue weighted by molar-refractivity contribution is 0.311. The molecule has 1 N–H and O–H groups in total. The normalized spacial score (nSPS) is 15.1. The zero-order chi connectivity index (χ0) is 17.8. The Labute approximate surface area is 148 Å². The molecule has 0 saturated carbocycles. The third-order valence-corrected chi connectivity index (χ3v) is 4.28. The molecule has 7 heteroatoms. The third kappa shape index (κ3) is 4.11. The molecule has 0 unspecified atom stereocenters. The molecule has 1 saturated heterocycles. The third-order valence-electron chi connectivity index (χ3n) is 4.28. The van der Waals surface area contributed by atoms with Crippen LogP contribution in [0.15, 0.2) is 24.3 Å². The number of aromatic nitrogens is 2. The van der Waals surface area contributed by atoms with E-state index in [1.807, 2.05) is 31.2 Å². The summed E-state index contributed by atoms with van der Waals surface area (Å²) in [7, 11) is 5.39. The minimum Gasteiger partial charge on any atom is -0.493 e. The van der Waals surface area contributed by atoms with Crippen molar-refractivity contribution < 1.29 is 9.47 Å². The maximum Gasteiger partial charge on any atom is 0.227 e. The Morgan fingerprint density at radius 1 is 0.960 bits per heavy atom. The minimum absolute atomic E-state index is 0.678. The lowest BCUT2D eigenvalue weighted by atomic mass is 10.2. The Bertz CT molecular complexity index is 729. The van der Waals surface area contributed by atoms with Crippen molar-refractivity contribution in [1.82, 2.24) is 14.9 Å². The average Bonchev–Trinajstić information content (AvgIpc) is 2.61. The summed E-state index contributed by atoms with van der Waals surface area (Å²) in [5, 5.41) is 3.34.